The van der Waals surface area contributed by atoms with Crippen LogP contribution in [-0.4, -0.2) is 22.2 Å². The summed E-state index contributed by atoms with van der Waals surface area (Å²) in [6, 6.07) is 0. The number of amides is 1. The molecule has 1 aromatic heterocycles. The molecular weight excluding hydrogens is 168 g/mol. The van der Waals surface area contributed by atoms with Crippen LogP contribution < -0.4 is 11.1 Å². The minimum absolute atomic E-state index is 0.0841. The van der Waals surface area contributed by atoms with Gasteiger partial charge in [0.1, 0.15) is 0 Å². The Morgan fingerprint density at radius 3 is 2.62 bits per heavy atom. The maximum absolute atomic E-state index is 11.1. The van der Waals surface area contributed by atoms with E-state index in [1.54, 1.807) is 4.68 Å². The molecule has 0 saturated carbocycles. The average Bonchev–Trinajstić information content (AvgIpc) is 2.32. The van der Waals surface area contributed by atoms with E-state index in [0.717, 1.165) is 17.1 Å². The van der Waals surface area contributed by atoms with Gasteiger partial charge in [-0.1, -0.05) is 0 Å². The molecule has 1 rings (SSSR count). The first kappa shape index (κ1) is 9.73. The van der Waals surface area contributed by atoms with Crippen LogP contribution in [0.4, 0.5) is 5.69 Å². The van der Waals surface area contributed by atoms with Crippen molar-refractivity contribution < 1.29 is 10.5 Å². The fourth-order valence-corrected chi connectivity index (χ4v) is 1.16. The Labute approximate surface area is 76.9 Å². The van der Waals surface area contributed by atoms with Gasteiger partial charge in [-0.15, -0.1) is 0 Å². The fraction of sp³-hybridized carbons (Fsp3) is 0.500. The van der Waals surface area contributed by atoms with E-state index in [-0.39, 0.29) is 12.5 Å². The molecule has 72 valence electrons. The van der Waals surface area contributed by atoms with Crippen molar-refractivity contribution in [2.75, 3.05) is 11.9 Å². The molecule has 5 heteroatoms. The Balaban J connectivity index is 2.94. The van der Waals surface area contributed by atoms with Crippen molar-refractivity contribution in [2.45, 2.75) is 13.8 Å². The first-order valence-electron chi connectivity index (χ1n) is 4.15. The normalized spacial score (nSPS) is 10.2. The Morgan fingerprint density at radius 1 is 1.62 bits per heavy atom. The van der Waals surface area contributed by atoms with Crippen LogP contribution in [0.2, 0.25) is 0 Å². The van der Waals surface area contributed by atoms with Crippen molar-refractivity contribution in [3.05, 3.63) is 11.4 Å². The van der Waals surface area contributed by atoms with Crippen molar-refractivity contribution in [2.24, 2.45) is 7.05 Å². The van der Waals surface area contributed by atoms with Crippen LogP contribution in [0.15, 0.2) is 0 Å². The van der Waals surface area contributed by atoms with Gasteiger partial charge in [-0.3, -0.25) is 9.48 Å². The molecule has 0 radical (unpaired) electrons. The lowest BCUT2D eigenvalue weighted by atomic mass is 10.3. The number of nitrogens with one attached hydrogen (secondary N) is 1. The fourth-order valence-electron chi connectivity index (χ4n) is 1.16. The van der Waals surface area contributed by atoms with E-state index in [4.69, 9.17) is 0 Å². The Bertz CT molecular complexity index is 329. The second kappa shape index (κ2) is 3.57. The van der Waals surface area contributed by atoms with Gasteiger partial charge >= 0.3 is 0 Å². The molecule has 4 N–H and O–H groups in total. The summed E-state index contributed by atoms with van der Waals surface area (Å²) in [6.45, 7) is 4.03. The molecule has 5 nitrogen and oxygen atoms in total. The summed E-state index contributed by atoms with van der Waals surface area (Å²) in [7, 11) is 1.85. The van der Waals surface area contributed by atoms with Gasteiger partial charge in [0.2, 0.25) is 0 Å². The zero-order chi connectivity index (χ0) is 10.0. The molecule has 1 aromatic rings. The monoisotopic (exact) mass is 183 g/mol. The lowest BCUT2D eigenvalue weighted by molar-refractivity contribution is -0.353. The number of rotatable bonds is 2. The summed E-state index contributed by atoms with van der Waals surface area (Å²) in [5.74, 6) is -0.0841. The molecule has 1 heterocycles. The highest BCUT2D eigenvalue weighted by Gasteiger charge is 2.11. The summed E-state index contributed by atoms with van der Waals surface area (Å²) >= 11 is 0. The molecule has 1 amide bonds. The number of hydrogen-bond donors (Lipinski definition) is 2. The third-order valence-electron chi connectivity index (χ3n) is 2.00. The number of hydrogen-bond acceptors (Lipinski definition) is 2. The number of aromatic nitrogens is 2. The summed E-state index contributed by atoms with van der Waals surface area (Å²) < 4.78 is 1.74. The van der Waals surface area contributed by atoms with E-state index < -0.39 is 0 Å². The molecule has 0 unspecified atom stereocenters. The Morgan fingerprint density at radius 2 is 2.23 bits per heavy atom. The van der Waals surface area contributed by atoms with Gasteiger partial charge in [-0.05, 0) is 13.8 Å². The highest BCUT2D eigenvalue weighted by Crippen LogP contribution is 2.17. The van der Waals surface area contributed by atoms with Crippen molar-refractivity contribution in [3.8, 4) is 0 Å². The van der Waals surface area contributed by atoms with Crippen LogP contribution in [0.3, 0.4) is 0 Å². The number of carbonyl (C=O) groups excluding carboxylic acids is 1. The summed E-state index contributed by atoms with van der Waals surface area (Å²) in [6.07, 6.45) is 0. The smallest absolute Gasteiger partial charge is 0.279 e. The molecular formula is C8H15N4O+. The quantitative estimate of drug-likeness (QED) is 0.631. The van der Waals surface area contributed by atoms with E-state index in [1.165, 1.54) is 0 Å². The molecule has 0 bridgehead atoms. The van der Waals surface area contributed by atoms with Crippen LogP contribution in [0.5, 0.6) is 0 Å². The highest BCUT2D eigenvalue weighted by atomic mass is 16.1. The minimum Gasteiger partial charge on any atom is -0.350 e. The molecule has 0 aliphatic heterocycles. The Hall–Kier alpha value is -1.36. The van der Waals surface area contributed by atoms with Crippen LogP contribution in [-0.2, 0) is 11.8 Å². The lowest BCUT2D eigenvalue weighted by Crippen LogP contribution is -2.55. The van der Waals surface area contributed by atoms with E-state index in [1.807, 2.05) is 20.9 Å². The van der Waals surface area contributed by atoms with Gasteiger partial charge < -0.3 is 11.1 Å². The van der Waals surface area contributed by atoms with E-state index in [0.29, 0.717) is 0 Å². The average molecular weight is 183 g/mol. The van der Waals surface area contributed by atoms with Crippen molar-refractivity contribution in [1.82, 2.24) is 9.78 Å². The van der Waals surface area contributed by atoms with Gasteiger partial charge in [-0.2, -0.15) is 5.10 Å². The number of nitrogens with zero attached hydrogens (tertiary/aromatic N) is 2. The summed E-state index contributed by atoms with van der Waals surface area (Å²) in [4.78, 5) is 11.1. The minimum atomic E-state index is -0.0841. The van der Waals surface area contributed by atoms with E-state index in [2.05, 4.69) is 16.1 Å². The zero-order valence-corrected chi connectivity index (χ0v) is 8.22. The second-order valence-corrected chi connectivity index (χ2v) is 2.97. The molecule has 0 saturated heterocycles. The standard InChI is InChI=1S/C8H14N4O/c1-5-8(10-7(13)4-9)6(2)12(3)11-5/h4,9H2,1-3H3,(H,10,13)/p+1. The van der Waals surface area contributed by atoms with E-state index in [9.17, 15) is 4.79 Å². The molecule has 0 fully saturated rings. The molecule has 0 spiro atoms. The molecule has 13 heavy (non-hydrogen) atoms. The van der Waals surface area contributed by atoms with Gasteiger partial charge in [0.15, 0.2) is 6.54 Å². The molecule has 0 atom stereocenters. The van der Waals surface area contributed by atoms with Crippen molar-refractivity contribution in [3.63, 3.8) is 0 Å². The van der Waals surface area contributed by atoms with Crippen LogP contribution in [0.25, 0.3) is 0 Å². The van der Waals surface area contributed by atoms with Crippen LogP contribution in [0.1, 0.15) is 11.4 Å². The third kappa shape index (κ3) is 1.86. The maximum atomic E-state index is 11.1. The van der Waals surface area contributed by atoms with Gasteiger partial charge in [0.05, 0.1) is 17.1 Å². The van der Waals surface area contributed by atoms with E-state index >= 15 is 0 Å². The number of quaternary nitrogens is 1. The van der Waals surface area contributed by atoms with Gasteiger partial charge in [-0.25, -0.2) is 0 Å². The molecule has 0 aromatic carbocycles. The largest absolute Gasteiger partial charge is 0.350 e. The first-order chi connectivity index (χ1) is 6.06. The summed E-state index contributed by atoms with van der Waals surface area (Å²) in [5.41, 5.74) is 6.10. The van der Waals surface area contributed by atoms with Crippen molar-refractivity contribution >= 4 is 11.6 Å². The van der Waals surface area contributed by atoms with Crippen LogP contribution >= 0.6 is 0 Å². The predicted molar refractivity (Wildman–Crippen MR) is 49.1 cm³/mol. The second-order valence-electron chi connectivity index (χ2n) is 2.97. The van der Waals surface area contributed by atoms with Gasteiger partial charge in [0.25, 0.3) is 5.91 Å². The third-order valence-corrected chi connectivity index (χ3v) is 2.00. The number of anilines is 1. The summed E-state index contributed by atoms with van der Waals surface area (Å²) in [5, 5.41) is 6.94. The zero-order valence-electron chi connectivity index (χ0n) is 8.22. The first-order valence-corrected chi connectivity index (χ1v) is 4.15. The number of carbonyl (C=O) groups is 1. The van der Waals surface area contributed by atoms with Crippen LogP contribution in [0, 0.1) is 13.8 Å². The number of aryl methyl sites for hydroxylation is 2. The molecule has 0 aliphatic rings. The van der Waals surface area contributed by atoms with Crippen molar-refractivity contribution in [1.29, 1.82) is 0 Å². The highest BCUT2D eigenvalue weighted by molar-refractivity contribution is 5.92. The predicted octanol–water partition coefficient (Wildman–Crippen LogP) is -0.783. The molecule has 0 aliphatic carbocycles. The SMILES string of the molecule is Cc1nn(C)c(C)c1NC(=O)C[NH3+]. The maximum Gasteiger partial charge on any atom is 0.279 e. The Kier molecular flexibility index (Phi) is 2.67. The topological polar surface area (TPSA) is 74.6 Å². The lowest BCUT2D eigenvalue weighted by Gasteiger charge is -2.01. The van der Waals surface area contributed by atoms with Gasteiger partial charge in [0, 0.05) is 7.05 Å².